The first kappa shape index (κ1) is 18.0. The Morgan fingerprint density at radius 3 is 2.29 bits per heavy atom. The van der Waals surface area contributed by atoms with Gasteiger partial charge in [-0.2, -0.15) is 13.2 Å². The van der Waals surface area contributed by atoms with Crippen LogP contribution in [0.15, 0.2) is 48.7 Å². The molecule has 1 amide bonds. The molecule has 2 aromatic rings. The lowest BCUT2D eigenvalue weighted by molar-refractivity contribution is -0.141. The van der Waals surface area contributed by atoms with Crippen LogP contribution in [0.2, 0.25) is 0 Å². The van der Waals surface area contributed by atoms with Crippen LogP contribution in [0.3, 0.4) is 0 Å². The predicted molar refractivity (Wildman–Crippen MR) is 85.3 cm³/mol. The molecule has 6 heteroatoms. The second-order valence-corrected chi connectivity index (χ2v) is 6.00. The molecule has 0 aliphatic heterocycles. The number of nitrogens with zero attached hydrogens (tertiary/aromatic N) is 1. The average Bonchev–Trinajstić information content (AvgIpc) is 2.54. The second kappa shape index (κ2) is 7.47. The molecular weight excluding hydrogens is 317 g/mol. The van der Waals surface area contributed by atoms with E-state index in [1.807, 2.05) is 44.2 Å². The molecule has 1 N–H and O–H groups in total. The molecule has 0 aliphatic carbocycles. The summed E-state index contributed by atoms with van der Waals surface area (Å²) in [5.41, 5.74) is 0.0490. The largest absolute Gasteiger partial charge is 0.433 e. The Morgan fingerprint density at radius 2 is 1.79 bits per heavy atom. The smallest absolute Gasteiger partial charge is 0.345 e. The summed E-state index contributed by atoms with van der Waals surface area (Å²) >= 11 is 0. The summed E-state index contributed by atoms with van der Waals surface area (Å²) in [5.74, 6) is -0.0908. The highest BCUT2D eigenvalue weighted by Crippen LogP contribution is 2.27. The number of pyridine rings is 1. The Balaban J connectivity index is 2.15. The quantitative estimate of drug-likeness (QED) is 0.866. The number of carbonyl (C=O) groups excluding carboxylic acids is 1. The van der Waals surface area contributed by atoms with E-state index in [4.69, 9.17) is 0 Å². The van der Waals surface area contributed by atoms with Gasteiger partial charge in [0.2, 0.25) is 0 Å². The summed E-state index contributed by atoms with van der Waals surface area (Å²) in [5, 5.41) is 2.88. The van der Waals surface area contributed by atoms with E-state index in [0.717, 1.165) is 30.3 Å². The van der Waals surface area contributed by atoms with Crippen LogP contribution in [0.4, 0.5) is 13.2 Å². The van der Waals surface area contributed by atoms with Crippen LogP contribution in [0.5, 0.6) is 0 Å². The van der Waals surface area contributed by atoms with Gasteiger partial charge in [-0.05, 0) is 30.0 Å². The van der Waals surface area contributed by atoms with E-state index in [0.29, 0.717) is 5.92 Å². The number of amides is 1. The molecule has 0 saturated heterocycles. The van der Waals surface area contributed by atoms with E-state index in [2.05, 4.69) is 10.3 Å². The van der Waals surface area contributed by atoms with Crippen molar-refractivity contribution in [2.45, 2.75) is 32.5 Å². The molecule has 0 bridgehead atoms. The van der Waals surface area contributed by atoms with Crippen molar-refractivity contribution < 1.29 is 18.0 Å². The molecule has 128 valence electrons. The lowest BCUT2D eigenvalue weighted by atomic mass is 9.96. The molecule has 0 saturated carbocycles. The van der Waals surface area contributed by atoms with Crippen LogP contribution in [0.25, 0.3) is 0 Å². The van der Waals surface area contributed by atoms with Crippen molar-refractivity contribution in [1.82, 2.24) is 10.3 Å². The number of alkyl halides is 3. The van der Waals surface area contributed by atoms with Gasteiger partial charge < -0.3 is 5.32 Å². The molecule has 1 heterocycles. The summed E-state index contributed by atoms with van der Waals surface area (Å²) in [4.78, 5) is 15.7. The normalized spacial score (nSPS) is 12.9. The fourth-order valence-electron chi connectivity index (χ4n) is 2.37. The van der Waals surface area contributed by atoms with Crippen molar-refractivity contribution in [3.05, 3.63) is 65.5 Å². The molecule has 0 aliphatic rings. The number of nitrogens with one attached hydrogen (secondary N) is 1. The fraction of sp³-hybridized carbons (Fsp3) is 0.333. The Bertz CT molecular complexity index is 667. The Hall–Kier alpha value is -2.37. The monoisotopic (exact) mass is 336 g/mol. The maximum Gasteiger partial charge on any atom is 0.433 e. The number of rotatable bonds is 5. The molecular formula is C18H19F3N2O. The Morgan fingerprint density at radius 1 is 1.12 bits per heavy atom. The maximum atomic E-state index is 12.5. The molecule has 1 atom stereocenters. The van der Waals surface area contributed by atoms with Crippen molar-refractivity contribution in [3.8, 4) is 0 Å². The van der Waals surface area contributed by atoms with E-state index < -0.39 is 17.8 Å². The van der Waals surface area contributed by atoms with Gasteiger partial charge in [0.25, 0.3) is 5.91 Å². The lowest BCUT2D eigenvalue weighted by Gasteiger charge is -2.21. The van der Waals surface area contributed by atoms with Crippen molar-refractivity contribution in [1.29, 1.82) is 0 Å². The third-order valence-corrected chi connectivity index (χ3v) is 3.53. The summed E-state index contributed by atoms with van der Waals surface area (Å²) in [7, 11) is 0. The van der Waals surface area contributed by atoms with E-state index in [1.54, 1.807) is 0 Å². The Labute approximate surface area is 138 Å². The third kappa shape index (κ3) is 4.81. The minimum absolute atomic E-state index is 0.104. The van der Waals surface area contributed by atoms with Gasteiger partial charge in [0.05, 0.1) is 11.6 Å². The third-order valence-electron chi connectivity index (χ3n) is 3.53. The fourth-order valence-corrected chi connectivity index (χ4v) is 2.37. The first-order valence-corrected chi connectivity index (χ1v) is 7.66. The van der Waals surface area contributed by atoms with Gasteiger partial charge in [0.15, 0.2) is 0 Å². The standard InChI is InChI=1S/C18H19F3N2O/c1-12(2)10-15(13-6-4-3-5-7-13)23-17(24)14-8-9-16(22-11-14)18(19,20)21/h3-9,11-12,15H,10H2,1-2H3,(H,23,24). The topological polar surface area (TPSA) is 42.0 Å². The van der Waals surface area contributed by atoms with E-state index in [1.165, 1.54) is 0 Å². The number of hydrogen-bond donors (Lipinski definition) is 1. The van der Waals surface area contributed by atoms with Crippen molar-refractivity contribution in [2.24, 2.45) is 5.92 Å². The average molecular weight is 336 g/mol. The maximum absolute atomic E-state index is 12.5. The van der Waals surface area contributed by atoms with Gasteiger partial charge >= 0.3 is 6.18 Å². The van der Waals surface area contributed by atoms with Crippen molar-refractivity contribution in [2.75, 3.05) is 0 Å². The summed E-state index contributed by atoms with van der Waals surface area (Å²) in [6, 6.07) is 11.2. The predicted octanol–water partition coefficient (Wildman–Crippen LogP) is 4.62. The lowest BCUT2D eigenvalue weighted by Crippen LogP contribution is -2.29. The van der Waals surface area contributed by atoms with Crippen molar-refractivity contribution in [3.63, 3.8) is 0 Å². The molecule has 24 heavy (non-hydrogen) atoms. The zero-order valence-electron chi connectivity index (χ0n) is 13.5. The first-order valence-electron chi connectivity index (χ1n) is 7.66. The molecule has 2 rings (SSSR count). The minimum Gasteiger partial charge on any atom is -0.345 e. The number of hydrogen-bond acceptors (Lipinski definition) is 2. The van der Waals surface area contributed by atoms with E-state index in [9.17, 15) is 18.0 Å². The zero-order valence-corrected chi connectivity index (χ0v) is 13.5. The molecule has 3 nitrogen and oxygen atoms in total. The summed E-state index contributed by atoms with van der Waals surface area (Å²) in [6.07, 6.45) is -2.83. The van der Waals surface area contributed by atoms with Gasteiger partial charge in [-0.3, -0.25) is 9.78 Å². The van der Waals surface area contributed by atoms with Gasteiger partial charge in [0.1, 0.15) is 5.69 Å². The first-order chi connectivity index (χ1) is 11.3. The second-order valence-electron chi connectivity index (χ2n) is 6.00. The van der Waals surface area contributed by atoms with Gasteiger partial charge in [0, 0.05) is 6.20 Å². The zero-order chi connectivity index (χ0) is 17.7. The molecule has 1 aromatic carbocycles. The highest BCUT2D eigenvalue weighted by molar-refractivity contribution is 5.94. The molecule has 0 fully saturated rings. The number of aromatic nitrogens is 1. The van der Waals surface area contributed by atoms with Gasteiger partial charge in [-0.1, -0.05) is 44.2 Å². The van der Waals surface area contributed by atoms with Gasteiger partial charge in [-0.25, -0.2) is 0 Å². The summed E-state index contributed by atoms with van der Waals surface area (Å²) < 4.78 is 37.6. The van der Waals surface area contributed by atoms with Crippen LogP contribution >= 0.6 is 0 Å². The molecule has 0 radical (unpaired) electrons. The molecule has 1 aromatic heterocycles. The van der Waals surface area contributed by atoms with E-state index in [-0.39, 0.29) is 11.6 Å². The SMILES string of the molecule is CC(C)CC(NC(=O)c1ccc(C(F)(F)F)nc1)c1ccccc1. The summed E-state index contributed by atoms with van der Waals surface area (Å²) in [6.45, 7) is 4.09. The van der Waals surface area contributed by atoms with Crippen LogP contribution in [-0.2, 0) is 6.18 Å². The van der Waals surface area contributed by atoms with Crippen LogP contribution in [0.1, 0.15) is 47.9 Å². The molecule has 1 unspecified atom stereocenters. The Kier molecular flexibility index (Phi) is 5.59. The van der Waals surface area contributed by atoms with Crippen LogP contribution in [0, 0.1) is 5.92 Å². The minimum atomic E-state index is -4.51. The van der Waals surface area contributed by atoms with Crippen LogP contribution in [-0.4, -0.2) is 10.9 Å². The van der Waals surface area contributed by atoms with E-state index >= 15 is 0 Å². The number of carbonyl (C=O) groups is 1. The highest BCUT2D eigenvalue weighted by Gasteiger charge is 2.32. The van der Waals surface area contributed by atoms with Gasteiger partial charge in [-0.15, -0.1) is 0 Å². The van der Waals surface area contributed by atoms with Crippen molar-refractivity contribution >= 4 is 5.91 Å². The molecule has 0 spiro atoms. The number of benzene rings is 1. The highest BCUT2D eigenvalue weighted by atomic mass is 19.4. The number of halogens is 3. The van der Waals surface area contributed by atoms with Crippen LogP contribution < -0.4 is 5.32 Å².